The van der Waals surface area contributed by atoms with E-state index in [9.17, 15) is 0 Å². The van der Waals surface area contributed by atoms with Crippen molar-refractivity contribution < 1.29 is 0 Å². The lowest BCUT2D eigenvalue weighted by Gasteiger charge is -2.35. The summed E-state index contributed by atoms with van der Waals surface area (Å²) < 4.78 is 0. The average molecular weight is 797 g/mol. The van der Waals surface area contributed by atoms with Gasteiger partial charge < -0.3 is 0 Å². The maximum atomic E-state index is 2.46. The lowest BCUT2D eigenvalue weighted by atomic mass is 9.65. The summed E-state index contributed by atoms with van der Waals surface area (Å²) in [7, 11) is 0. The van der Waals surface area contributed by atoms with Gasteiger partial charge in [0.15, 0.2) is 0 Å². The number of hydrogen-bond donors (Lipinski definition) is 0. The van der Waals surface area contributed by atoms with E-state index < -0.39 is 5.41 Å². The second-order valence-corrected chi connectivity index (χ2v) is 17.0. The fourth-order valence-electron chi connectivity index (χ4n) is 11.4. The van der Waals surface area contributed by atoms with Gasteiger partial charge in [0.1, 0.15) is 0 Å². The summed E-state index contributed by atoms with van der Waals surface area (Å²) >= 11 is 0. The smallest absolute Gasteiger partial charge is 0.0622 e. The van der Waals surface area contributed by atoms with Crippen LogP contribution in [0.3, 0.4) is 0 Å². The zero-order valence-electron chi connectivity index (χ0n) is 34.6. The van der Waals surface area contributed by atoms with Gasteiger partial charge in [0, 0.05) is 0 Å². The van der Waals surface area contributed by atoms with Crippen molar-refractivity contribution >= 4 is 53.9 Å². The van der Waals surface area contributed by atoms with Crippen molar-refractivity contribution in [1.82, 2.24) is 0 Å². The molecule has 292 valence electrons. The predicted molar refractivity (Wildman–Crippen MR) is 268 cm³/mol. The van der Waals surface area contributed by atoms with Crippen LogP contribution in [-0.2, 0) is 5.41 Å². The highest BCUT2D eigenvalue weighted by molar-refractivity contribution is 6.23. The Morgan fingerprint density at radius 1 is 0.222 bits per heavy atom. The summed E-state index contributed by atoms with van der Waals surface area (Å²) in [6.45, 7) is 0. The van der Waals surface area contributed by atoms with Gasteiger partial charge in [-0.3, -0.25) is 0 Å². The molecule has 0 aromatic heterocycles. The SMILES string of the molecule is c1ccc(-c2ccc(-c3c4ccccc4c(-c4ccc5c6c(ccc5c4)-c4c(c5ccccc5c5ccccc45)C6(c4ccccc4)c4ccccc4)c4ccccc34)cc2)cc1. The second kappa shape index (κ2) is 14.0. The minimum absolute atomic E-state index is 0.574. The Balaban J connectivity index is 1.09. The van der Waals surface area contributed by atoms with Gasteiger partial charge in [0.05, 0.1) is 5.41 Å². The van der Waals surface area contributed by atoms with Crippen LogP contribution in [0.2, 0.25) is 0 Å². The number of fused-ring (bicyclic) bond motifs is 12. The molecule has 0 unspecified atom stereocenters. The van der Waals surface area contributed by atoms with Gasteiger partial charge in [-0.25, -0.2) is 0 Å². The molecule has 12 aromatic rings. The van der Waals surface area contributed by atoms with Crippen molar-refractivity contribution in [3.8, 4) is 44.5 Å². The van der Waals surface area contributed by atoms with Crippen molar-refractivity contribution in [2.24, 2.45) is 0 Å². The zero-order valence-corrected chi connectivity index (χ0v) is 34.6. The number of benzene rings is 12. The summed E-state index contributed by atoms with van der Waals surface area (Å²) in [6, 6.07) is 90.4. The fourth-order valence-corrected chi connectivity index (χ4v) is 11.4. The van der Waals surface area contributed by atoms with E-state index in [0.29, 0.717) is 0 Å². The highest BCUT2D eigenvalue weighted by atomic mass is 14.5. The Morgan fingerprint density at radius 2 is 0.619 bits per heavy atom. The van der Waals surface area contributed by atoms with Gasteiger partial charge >= 0.3 is 0 Å². The molecule has 1 aliphatic rings. The first kappa shape index (κ1) is 35.7. The molecule has 0 aliphatic heterocycles. The molecular formula is C63H40. The van der Waals surface area contributed by atoms with Gasteiger partial charge in [0.25, 0.3) is 0 Å². The van der Waals surface area contributed by atoms with Crippen LogP contribution in [0, 0.1) is 0 Å². The first-order valence-electron chi connectivity index (χ1n) is 22.0. The van der Waals surface area contributed by atoms with Gasteiger partial charge in [-0.2, -0.15) is 0 Å². The maximum Gasteiger partial charge on any atom is 0.0725 e. The zero-order chi connectivity index (χ0) is 41.5. The molecule has 12 aromatic carbocycles. The first-order chi connectivity index (χ1) is 31.3. The van der Waals surface area contributed by atoms with Gasteiger partial charge in [0.2, 0.25) is 0 Å². The normalized spacial score (nSPS) is 12.9. The molecule has 13 rings (SSSR count). The van der Waals surface area contributed by atoms with E-state index >= 15 is 0 Å². The van der Waals surface area contributed by atoms with Crippen LogP contribution in [0.1, 0.15) is 22.3 Å². The Hall–Kier alpha value is -8.06. The molecule has 0 saturated carbocycles. The predicted octanol–water partition coefficient (Wildman–Crippen LogP) is 16.8. The lowest BCUT2D eigenvalue weighted by molar-refractivity contribution is 0.783. The van der Waals surface area contributed by atoms with Crippen LogP contribution in [0.4, 0.5) is 0 Å². The molecule has 63 heavy (non-hydrogen) atoms. The van der Waals surface area contributed by atoms with E-state index in [1.807, 2.05) is 0 Å². The van der Waals surface area contributed by atoms with Crippen LogP contribution in [0.5, 0.6) is 0 Å². The van der Waals surface area contributed by atoms with E-state index in [4.69, 9.17) is 0 Å². The standard InChI is InChI=1S/C63H40/c1-4-18-41(19-5-1)42-32-34-43(35-33-42)58-52-27-13-15-29-54(52)59(55-30-16-14-28-53(55)58)45-37-38-48-44(40-45)36-39-57-60-51-26-12-10-24-49(51)50-25-11-17-31-56(50)62(60)63(61(48)57,46-20-6-2-7-21-46)47-22-8-3-9-23-47/h1-40H. The molecule has 0 heterocycles. The minimum atomic E-state index is -0.574. The molecule has 0 N–H and O–H groups in total. The van der Waals surface area contributed by atoms with Gasteiger partial charge in [-0.1, -0.05) is 237 Å². The van der Waals surface area contributed by atoms with E-state index in [1.54, 1.807) is 0 Å². The molecule has 0 spiro atoms. The highest BCUT2D eigenvalue weighted by Crippen LogP contribution is 2.62. The Morgan fingerprint density at radius 3 is 1.17 bits per heavy atom. The fraction of sp³-hybridized carbons (Fsp3) is 0.0159. The summed E-state index contributed by atoms with van der Waals surface area (Å²) in [5.41, 5.74) is 14.8. The van der Waals surface area contributed by atoms with Crippen molar-refractivity contribution in [3.05, 3.63) is 265 Å². The van der Waals surface area contributed by atoms with E-state index in [2.05, 4.69) is 243 Å². The van der Waals surface area contributed by atoms with Crippen LogP contribution >= 0.6 is 0 Å². The summed E-state index contributed by atoms with van der Waals surface area (Å²) in [4.78, 5) is 0. The highest BCUT2D eigenvalue weighted by Gasteiger charge is 2.49. The van der Waals surface area contributed by atoms with Crippen LogP contribution in [0.25, 0.3) is 98.4 Å². The molecule has 0 saturated heterocycles. The molecule has 0 heteroatoms. The Kier molecular flexibility index (Phi) is 7.92. The third kappa shape index (κ3) is 5.16. The van der Waals surface area contributed by atoms with E-state index in [1.165, 1.54) is 121 Å². The number of rotatable bonds is 5. The minimum Gasteiger partial charge on any atom is -0.0622 e. The van der Waals surface area contributed by atoms with Gasteiger partial charge in [-0.05, 0) is 127 Å². The quantitative estimate of drug-likeness (QED) is 0.120. The second-order valence-electron chi connectivity index (χ2n) is 17.0. The topological polar surface area (TPSA) is 0 Å². The molecule has 0 bridgehead atoms. The number of hydrogen-bond acceptors (Lipinski definition) is 0. The van der Waals surface area contributed by atoms with E-state index in [-0.39, 0.29) is 0 Å². The van der Waals surface area contributed by atoms with Crippen molar-refractivity contribution in [3.63, 3.8) is 0 Å². The van der Waals surface area contributed by atoms with Crippen molar-refractivity contribution in [1.29, 1.82) is 0 Å². The summed E-state index contributed by atoms with van der Waals surface area (Å²) in [6.07, 6.45) is 0. The summed E-state index contributed by atoms with van der Waals surface area (Å²) in [5, 5.41) is 12.7. The molecule has 0 atom stereocenters. The molecule has 0 fully saturated rings. The molecular weight excluding hydrogens is 757 g/mol. The average Bonchev–Trinajstić information content (AvgIpc) is 3.69. The van der Waals surface area contributed by atoms with Crippen LogP contribution in [-0.4, -0.2) is 0 Å². The monoisotopic (exact) mass is 796 g/mol. The van der Waals surface area contributed by atoms with Gasteiger partial charge in [-0.15, -0.1) is 0 Å². The van der Waals surface area contributed by atoms with E-state index in [0.717, 1.165) is 0 Å². The Labute approximate surface area is 367 Å². The van der Waals surface area contributed by atoms with Crippen molar-refractivity contribution in [2.45, 2.75) is 5.41 Å². The molecule has 0 amide bonds. The third-order valence-corrected chi connectivity index (χ3v) is 13.9. The van der Waals surface area contributed by atoms with Crippen molar-refractivity contribution in [2.75, 3.05) is 0 Å². The third-order valence-electron chi connectivity index (χ3n) is 13.9. The molecule has 0 nitrogen and oxygen atoms in total. The maximum absolute atomic E-state index is 2.46. The first-order valence-corrected chi connectivity index (χ1v) is 22.0. The lowest BCUT2D eigenvalue weighted by Crippen LogP contribution is -2.29. The molecule has 1 aliphatic carbocycles. The largest absolute Gasteiger partial charge is 0.0725 e. The Bertz CT molecular complexity index is 3650. The van der Waals surface area contributed by atoms with Crippen LogP contribution < -0.4 is 0 Å². The molecule has 0 radical (unpaired) electrons. The van der Waals surface area contributed by atoms with Crippen LogP contribution in [0.15, 0.2) is 243 Å². The summed E-state index contributed by atoms with van der Waals surface area (Å²) in [5.74, 6) is 0.